The molecule has 0 saturated heterocycles. The second kappa shape index (κ2) is 10.7. The summed E-state index contributed by atoms with van der Waals surface area (Å²) in [5.74, 6) is -0.664. The second-order valence-electron chi connectivity index (χ2n) is 12.0. The predicted molar refractivity (Wildman–Crippen MR) is 171 cm³/mol. The van der Waals surface area contributed by atoms with Gasteiger partial charge in [-0.15, -0.1) is 0 Å². The van der Waals surface area contributed by atoms with E-state index in [4.69, 9.17) is 0 Å². The van der Waals surface area contributed by atoms with Crippen LogP contribution in [0.3, 0.4) is 0 Å². The highest BCUT2D eigenvalue weighted by Crippen LogP contribution is 2.48. The summed E-state index contributed by atoms with van der Waals surface area (Å²) in [7, 11) is 0. The quantitative estimate of drug-likeness (QED) is 0.104. The predicted octanol–water partition coefficient (Wildman–Crippen LogP) is 8.16. The Labute approximate surface area is 253 Å². The number of aromatic hydroxyl groups is 5. The third-order valence-electron chi connectivity index (χ3n) is 9.19. The Hall–Kier alpha value is -4.90. The van der Waals surface area contributed by atoms with Crippen molar-refractivity contribution in [2.24, 2.45) is 0 Å². The van der Waals surface area contributed by atoms with Crippen molar-refractivity contribution in [2.45, 2.75) is 52.4 Å². The van der Waals surface area contributed by atoms with Crippen molar-refractivity contribution in [1.82, 2.24) is 0 Å². The standard InChI is InChI=1S/C38H38O5/c1-22-9-7-8-10-29(22)37(5,30-16-15-28(39)17-23(30)2)26-11-13-27(14-12-26)38(6,31-20-35(42)33(40)18-24(31)3)32-21-36(43)34(41)19-25(32)4/h7-21,39-43H,1-6H3. The summed E-state index contributed by atoms with van der Waals surface area (Å²) in [5.41, 5.74) is 7.91. The van der Waals surface area contributed by atoms with Crippen LogP contribution in [0.5, 0.6) is 28.7 Å². The maximum Gasteiger partial charge on any atom is 0.157 e. The maximum atomic E-state index is 10.6. The minimum absolute atomic E-state index is 0.206. The van der Waals surface area contributed by atoms with Gasteiger partial charge in [0.25, 0.3) is 0 Å². The Morgan fingerprint density at radius 1 is 0.395 bits per heavy atom. The molecule has 0 spiro atoms. The van der Waals surface area contributed by atoms with E-state index in [9.17, 15) is 25.5 Å². The van der Waals surface area contributed by atoms with E-state index in [0.717, 1.165) is 55.6 Å². The highest BCUT2D eigenvalue weighted by atomic mass is 16.3. The van der Waals surface area contributed by atoms with Gasteiger partial charge in [0.1, 0.15) is 5.75 Å². The van der Waals surface area contributed by atoms with Crippen molar-refractivity contribution in [3.05, 3.63) is 147 Å². The molecule has 0 aliphatic rings. The van der Waals surface area contributed by atoms with Crippen molar-refractivity contribution in [3.8, 4) is 28.7 Å². The zero-order chi connectivity index (χ0) is 31.3. The average Bonchev–Trinajstić information content (AvgIpc) is 2.96. The summed E-state index contributed by atoms with van der Waals surface area (Å²) in [4.78, 5) is 0. The minimum Gasteiger partial charge on any atom is -0.508 e. The fraction of sp³-hybridized carbons (Fsp3) is 0.211. The van der Waals surface area contributed by atoms with Gasteiger partial charge < -0.3 is 25.5 Å². The summed E-state index contributed by atoms with van der Waals surface area (Å²) in [6.07, 6.45) is 0. The molecule has 5 N–H and O–H groups in total. The third-order valence-corrected chi connectivity index (χ3v) is 9.19. The SMILES string of the molecule is Cc1ccccc1C(C)(c1ccc(C(C)(c2cc(O)c(O)cc2C)c2cc(O)c(O)cc2C)cc1)c1ccc(O)cc1C. The Morgan fingerprint density at radius 2 is 0.791 bits per heavy atom. The molecule has 43 heavy (non-hydrogen) atoms. The van der Waals surface area contributed by atoms with Gasteiger partial charge in [-0.2, -0.15) is 0 Å². The van der Waals surface area contributed by atoms with E-state index < -0.39 is 10.8 Å². The smallest absolute Gasteiger partial charge is 0.157 e. The van der Waals surface area contributed by atoms with Crippen molar-refractivity contribution in [2.75, 3.05) is 0 Å². The summed E-state index contributed by atoms with van der Waals surface area (Å²) in [6.45, 7) is 12.1. The van der Waals surface area contributed by atoms with E-state index in [2.05, 4.69) is 50.2 Å². The van der Waals surface area contributed by atoms with Gasteiger partial charge in [-0.05, 0) is 134 Å². The van der Waals surface area contributed by atoms with E-state index >= 15 is 0 Å². The molecule has 0 bridgehead atoms. The van der Waals surface area contributed by atoms with Gasteiger partial charge >= 0.3 is 0 Å². The van der Waals surface area contributed by atoms with Gasteiger partial charge in [-0.25, -0.2) is 0 Å². The molecule has 0 heterocycles. The normalized spacial score (nSPS) is 13.1. The lowest BCUT2D eigenvalue weighted by Crippen LogP contribution is -2.29. The van der Waals surface area contributed by atoms with E-state index in [1.54, 1.807) is 24.3 Å². The molecule has 5 rings (SSSR count). The third kappa shape index (κ3) is 4.85. The molecule has 0 aliphatic carbocycles. The van der Waals surface area contributed by atoms with Crippen LogP contribution in [0.2, 0.25) is 0 Å². The maximum absolute atomic E-state index is 10.6. The van der Waals surface area contributed by atoms with E-state index in [1.807, 2.05) is 45.9 Å². The van der Waals surface area contributed by atoms with Crippen LogP contribution in [-0.4, -0.2) is 25.5 Å². The van der Waals surface area contributed by atoms with E-state index in [0.29, 0.717) is 0 Å². The zero-order valence-electron chi connectivity index (χ0n) is 25.4. The fourth-order valence-corrected chi connectivity index (χ4v) is 6.83. The first-order valence-corrected chi connectivity index (χ1v) is 14.3. The molecule has 5 aromatic rings. The summed E-state index contributed by atoms with van der Waals surface area (Å²) < 4.78 is 0. The van der Waals surface area contributed by atoms with E-state index in [1.165, 1.54) is 12.1 Å². The molecule has 5 heteroatoms. The highest BCUT2D eigenvalue weighted by molar-refractivity contribution is 5.62. The minimum atomic E-state index is -0.878. The second-order valence-corrected chi connectivity index (χ2v) is 12.0. The number of benzene rings is 5. The van der Waals surface area contributed by atoms with Crippen molar-refractivity contribution < 1.29 is 25.5 Å². The molecular weight excluding hydrogens is 536 g/mol. The van der Waals surface area contributed by atoms with Crippen LogP contribution in [0.4, 0.5) is 0 Å². The van der Waals surface area contributed by atoms with Crippen molar-refractivity contribution in [3.63, 3.8) is 0 Å². The molecule has 5 aromatic carbocycles. The Balaban J connectivity index is 1.78. The van der Waals surface area contributed by atoms with Crippen LogP contribution < -0.4 is 0 Å². The van der Waals surface area contributed by atoms with Crippen LogP contribution in [0.25, 0.3) is 0 Å². The molecule has 0 radical (unpaired) electrons. The Morgan fingerprint density at radius 3 is 1.26 bits per heavy atom. The monoisotopic (exact) mass is 574 g/mol. The molecular formula is C38H38O5. The van der Waals surface area contributed by atoms with Crippen LogP contribution in [0.15, 0.2) is 91.0 Å². The molecule has 220 valence electrons. The largest absolute Gasteiger partial charge is 0.508 e. The van der Waals surface area contributed by atoms with Crippen LogP contribution in [0.1, 0.15) is 69.5 Å². The molecule has 5 nitrogen and oxygen atoms in total. The van der Waals surface area contributed by atoms with Crippen LogP contribution in [-0.2, 0) is 10.8 Å². The number of hydrogen-bond donors (Lipinski definition) is 5. The molecule has 0 aromatic heterocycles. The number of phenols is 5. The molecule has 0 saturated carbocycles. The van der Waals surface area contributed by atoms with Gasteiger partial charge in [0.05, 0.1) is 0 Å². The first kappa shape index (κ1) is 29.6. The summed E-state index contributed by atoms with van der Waals surface area (Å²) in [5, 5.41) is 51.8. The topological polar surface area (TPSA) is 101 Å². The summed E-state index contributed by atoms with van der Waals surface area (Å²) >= 11 is 0. The van der Waals surface area contributed by atoms with Gasteiger partial charge in [0.15, 0.2) is 23.0 Å². The highest BCUT2D eigenvalue weighted by Gasteiger charge is 2.38. The van der Waals surface area contributed by atoms with Crippen molar-refractivity contribution >= 4 is 0 Å². The number of aryl methyl sites for hydroxylation is 4. The molecule has 0 amide bonds. The molecule has 1 unspecified atom stereocenters. The van der Waals surface area contributed by atoms with Crippen LogP contribution >= 0.6 is 0 Å². The fourth-order valence-electron chi connectivity index (χ4n) is 6.83. The van der Waals surface area contributed by atoms with E-state index in [-0.39, 0.29) is 28.7 Å². The lowest BCUT2D eigenvalue weighted by Gasteiger charge is -2.37. The first-order chi connectivity index (χ1) is 20.3. The molecule has 0 fully saturated rings. The number of hydrogen-bond acceptors (Lipinski definition) is 5. The number of rotatable bonds is 6. The first-order valence-electron chi connectivity index (χ1n) is 14.3. The zero-order valence-corrected chi connectivity index (χ0v) is 25.4. The summed E-state index contributed by atoms with van der Waals surface area (Å²) in [6, 6.07) is 28.4. The van der Waals surface area contributed by atoms with Gasteiger partial charge in [-0.1, -0.05) is 54.6 Å². The molecule has 0 aliphatic heterocycles. The Bertz CT molecular complexity index is 1780. The number of phenolic OH excluding ortho intramolecular Hbond substituents is 5. The lowest BCUT2D eigenvalue weighted by atomic mass is 9.66. The lowest BCUT2D eigenvalue weighted by molar-refractivity contribution is 0.400. The van der Waals surface area contributed by atoms with Gasteiger partial charge in [-0.3, -0.25) is 0 Å². The van der Waals surface area contributed by atoms with Crippen LogP contribution in [0, 0.1) is 27.7 Å². The van der Waals surface area contributed by atoms with Crippen molar-refractivity contribution in [1.29, 1.82) is 0 Å². The molecule has 1 atom stereocenters. The average molecular weight is 575 g/mol. The Kier molecular flexibility index (Phi) is 7.39. The van der Waals surface area contributed by atoms with Gasteiger partial charge in [0.2, 0.25) is 0 Å². The van der Waals surface area contributed by atoms with Gasteiger partial charge in [0, 0.05) is 10.8 Å².